The van der Waals surface area contributed by atoms with Gasteiger partial charge in [0.1, 0.15) is 5.69 Å². The number of rotatable bonds is 5. The lowest BCUT2D eigenvalue weighted by molar-refractivity contribution is -0.384. The van der Waals surface area contributed by atoms with Crippen molar-refractivity contribution in [3.05, 3.63) is 33.9 Å². The molecule has 0 aliphatic carbocycles. The van der Waals surface area contributed by atoms with E-state index in [9.17, 15) is 23.3 Å². The van der Waals surface area contributed by atoms with E-state index in [0.29, 0.717) is 31.9 Å². The fourth-order valence-corrected chi connectivity index (χ4v) is 6.09. The third kappa shape index (κ3) is 4.58. The van der Waals surface area contributed by atoms with Crippen LogP contribution in [0.3, 0.4) is 0 Å². The van der Waals surface area contributed by atoms with Crippen LogP contribution in [0.5, 0.6) is 0 Å². The topological polar surface area (TPSA) is 111 Å². The van der Waals surface area contributed by atoms with Crippen LogP contribution in [-0.4, -0.2) is 110 Å². The van der Waals surface area contributed by atoms with E-state index in [1.54, 1.807) is 17.0 Å². The Kier molecular flexibility index (Phi) is 6.65. The number of amides is 1. The summed E-state index contributed by atoms with van der Waals surface area (Å²) in [5, 5.41) is 11.6. The monoisotopic (exact) mass is 466 g/mol. The number of hydrogen-bond donors (Lipinski definition) is 0. The lowest BCUT2D eigenvalue weighted by atomic mass is 10.1. The summed E-state index contributed by atoms with van der Waals surface area (Å²) in [7, 11) is -1.58. The number of nitrogens with zero attached hydrogens (tertiary/aromatic N) is 6. The summed E-state index contributed by atoms with van der Waals surface area (Å²) in [6, 6.07) is 4.64. The van der Waals surface area contributed by atoms with Gasteiger partial charge in [-0.25, -0.2) is 0 Å². The molecule has 0 aromatic heterocycles. The van der Waals surface area contributed by atoms with E-state index in [4.69, 9.17) is 0 Å². The maximum atomic E-state index is 13.0. The molecule has 3 heterocycles. The highest BCUT2D eigenvalue weighted by Gasteiger charge is 2.35. The van der Waals surface area contributed by atoms with Gasteiger partial charge in [-0.15, -0.1) is 0 Å². The summed E-state index contributed by atoms with van der Waals surface area (Å²) in [5.41, 5.74) is 0.746. The van der Waals surface area contributed by atoms with Crippen LogP contribution in [0.4, 0.5) is 11.4 Å². The van der Waals surface area contributed by atoms with Crippen LogP contribution in [0.25, 0.3) is 0 Å². The number of carbonyl (C=O) groups excluding carboxylic acids is 1. The van der Waals surface area contributed by atoms with Crippen molar-refractivity contribution in [3.8, 4) is 0 Å². The fourth-order valence-electron chi connectivity index (χ4n) is 4.51. The Bertz CT molecular complexity index is 965. The molecular formula is C20H30N6O5S. The SMILES string of the molecule is CN1CCN(S(=O)(=O)N2CCN(C(=O)c3ccc(N4CCCC4)c([N+](=O)[O-])c3)CC2)CC1. The number of anilines is 1. The Morgan fingerprint density at radius 3 is 2.03 bits per heavy atom. The lowest BCUT2D eigenvalue weighted by Gasteiger charge is -2.39. The Morgan fingerprint density at radius 2 is 1.47 bits per heavy atom. The van der Waals surface area contributed by atoms with Crippen molar-refractivity contribution in [1.29, 1.82) is 0 Å². The average molecular weight is 467 g/mol. The van der Waals surface area contributed by atoms with E-state index in [1.807, 2.05) is 11.9 Å². The number of carbonyl (C=O) groups is 1. The summed E-state index contributed by atoms with van der Waals surface area (Å²) in [4.78, 5) is 29.8. The van der Waals surface area contributed by atoms with Crippen LogP contribution in [-0.2, 0) is 10.2 Å². The quantitative estimate of drug-likeness (QED) is 0.457. The molecule has 0 radical (unpaired) electrons. The number of nitro benzene ring substituents is 1. The number of hydrogen-bond acceptors (Lipinski definition) is 7. The van der Waals surface area contributed by atoms with Gasteiger partial charge in [0, 0.05) is 77.1 Å². The molecule has 11 nitrogen and oxygen atoms in total. The van der Waals surface area contributed by atoms with Gasteiger partial charge in [0.15, 0.2) is 0 Å². The van der Waals surface area contributed by atoms with Gasteiger partial charge in [0.2, 0.25) is 0 Å². The molecule has 32 heavy (non-hydrogen) atoms. The summed E-state index contributed by atoms with van der Waals surface area (Å²) >= 11 is 0. The van der Waals surface area contributed by atoms with Gasteiger partial charge < -0.3 is 14.7 Å². The molecule has 0 saturated carbocycles. The second-order valence-electron chi connectivity index (χ2n) is 8.56. The predicted octanol–water partition coefficient (Wildman–Crippen LogP) is 0.445. The maximum Gasteiger partial charge on any atom is 0.293 e. The molecule has 3 aliphatic heterocycles. The van der Waals surface area contributed by atoms with E-state index < -0.39 is 15.1 Å². The molecular weight excluding hydrogens is 436 g/mol. The van der Waals surface area contributed by atoms with Crippen molar-refractivity contribution < 1.29 is 18.1 Å². The van der Waals surface area contributed by atoms with Gasteiger partial charge in [-0.3, -0.25) is 14.9 Å². The molecule has 4 rings (SSSR count). The number of nitro groups is 1. The second-order valence-corrected chi connectivity index (χ2v) is 10.5. The molecule has 3 aliphatic rings. The van der Waals surface area contributed by atoms with Crippen molar-refractivity contribution in [2.24, 2.45) is 0 Å². The number of piperazine rings is 2. The molecule has 1 aromatic rings. The highest BCUT2D eigenvalue weighted by molar-refractivity contribution is 7.86. The lowest BCUT2D eigenvalue weighted by Crippen LogP contribution is -2.57. The summed E-state index contributed by atoms with van der Waals surface area (Å²) in [6.45, 7) is 4.82. The van der Waals surface area contributed by atoms with Gasteiger partial charge in [0.05, 0.1) is 4.92 Å². The van der Waals surface area contributed by atoms with Gasteiger partial charge in [-0.05, 0) is 32.0 Å². The van der Waals surface area contributed by atoms with Crippen molar-refractivity contribution in [3.63, 3.8) is 0 Å². The Balaban J connectivity index is 1.42. The van der Waals surface area contributed by atoms with Gasteiger partial charge in [-0.2, -0.15) is 17.0 Å². The molecule has 3 fully saturated rings. The van der Waals surface area contributed by atoms with E-state index in [1.165, 1.54) is 14.7 Å². The van der Waals surface area contributed by atoms with E-state index in [0.717, 1.165) is 25.9 Å². The van der Waals surface area contributed by atoms with Crippen LogP contribution in [0.1, 0.15) is 23.2 Å². The van der Waals surface area contributed by atoms with E-state index >= 15 is 0 Å². The van der Waals surface area contributed by atoms with Crippen molar-refractivity contribution in [1.82, 2.24) is 18.4 Å². The van der Waals surface area contributed by atoms with Crippen molar-refractivity contribution in [2.45, 2.75) is 12.8 Å². The van der Waals surface area contributed by atoms with Gasteiger partial charge in [0.25, 0.3) is 21.8 Å². The van der Waals surface area contributed by atoms with Gasteiger partial charge >= 0.3 is 0 Å². The molecule has 1 aromatic carbocycles. The zero-order valence-electron chi connectivity index (χ0n) is 18.4. The smallest absolute Gasteiger partial charge is 0.293 e. The first-order chi connectivity index (χ1) is 15.3. The maximum absolute atomic E-state index is 13.0. The number of likely N-dealkylation sites (N-methyl/N-ethyl adjacent to an activating group) is 1. The molecule has 3 saturated heterocycles. The van der Waals surface area contributed by atoms with Crippen LogP contribution >= 0.6 is 0 Å². The normalized spacial score (nSPS) is 21.8. The molecule has 0 N–H and O–H groups in total. The first-order valence-electron chi connectivity index (χ1n) is 11.0. The molecule has 176 valence electrons. The minimum Gasteiger partial charge on any atom is -0.366 e. The van der Waals surface area contributed by atoms with Crippen molar-refractivity contribution >= 4 is 27.5 Å². The van der Waals surface area contributed by atoms with E-state index in [2.05, 4.69) is 4.90 Å². The standard InChI is InChI=1S/C20H30N6O5S/c1-21-8-12-24(13-9-21)32(30,31)25-14-10-23(11-15-25)20(27)17-4-5-18(19(16-17)26(28)29)22-6-2-3-7-22/h4-5,16H,2-3,6-15H2,1H3. The molecule has 0 spiro atoms. The molecule has 0 bridgehead atoms. The molecule has 0 atom stereocenters. The predicted molar refractivity (Wildman–Crippen MR) is 120 cm³/mol. The van der Waals surface area contributed by atoms with Crippen LogP contribution < -0.4 is 4.90 Å². The zero-order chi connectivity index (χ0) is 22.9. The van der Waals surface area contributed by atoms with Crippen LogP contribution in [0.15, 0.2) is 18.2 Å². The third-order valence-electron chi connectivity index (χ3n) is 6.51. The average Bonchev–Trinajstić information content (AvgIpc) is 3.33. The van der Waals surface area contributed by atoms with E-state index in [-0.39, 0.29) is 43.3 Å². The molecule has 12 heteroatoms. The summed E-state index contributed by atoms with van der Waals surface area (Å²) in [5.74, 6) is -0.308. The van der Waals surface area contributed by atoms with Crippen molar-refractivity contribution in [2.75, 3.05) is 77.4 Å². The van der Waals surface area contributed by atoms with Gasteiger partial charge in [-0.1, -0.05) is 0 Å². The summed E-state index contributed by atoms with van der Waals surface area (Å²) in [6.07, 6.45) is 2.00. The fraction of sp³-hybridized carbons (Fsp3) is 0.650. The zero-order valence-corrected chi connectivity index (χ0v) is 19.2. The first kappa shape index (κ1) is 22.9. The molecule has 1 amide bonds. The van der Waals surface area contributed by atoms with Crippen LogP contribution in [0.2, 0.25) is 0 Å². The highest BCUT2D eigenvalue weighted by Crippen LogP contribution is 2.32. The largest absolute Gasteiger partial charge is 0.366 e. The highest BCUT2D eigenvalue weighted by atomic mass is 32.2. The Labute approximate surface area is 188 Å². The Hall–Kier alpha value is -2.28. The molecule has 0 unspecified atom stereocenters. The second kappa shape index (κ2) is 9.30. The Morgan fingerprint density at radius 1 is 0.906 bits per heavy atom. The minimum atomic E-state index is -3.55. The first-order valence-corrected chi connectivity index (χ1v) is 12.4. The number of benzene rings is 1. The summed E-state index contributed by atoms with van der Waals surface area (Å²) < 4.78 is 28.8. The van der Waals surface area contributed by atoms with Crippen LogP contribution in [0, 0.1) is 10.1 Å². The minimum absolute atomic E-state index is 0.0611. The third-order valence-corrected chi connectivity index (χ3v) is 8.54.